The molecule has 2 amide bonds. The topological polar surface area (TPSA) is 194 Å². The number of hydrogen-bond acceptors (Lipinski definition) is 10. The maximum absolute atomic E-state index is 14.1. The molecule has 12 nitrogen and oxygen atoms in total. The second-order valence-corrected chi connectivity index (χ2v) is 13.8. The molecule has 0 aliphatic heterocycles. The lowest BCUT2D eigenvalue weighted by atomic mass is 9.57. The quantitative estimate of drug-likeness (QED) is 0.218. The molecule has 0 heterocycles. The van der Waals surface area contributed by atoms with Crippen LogP contribution in [0.4, 0.5) is 0 Å². The number of nitrogens with one attached hydrogen (secondary N) is 1. The summed E-state index contributed by atoms with van der Waals surface area (Å²) < 4.78 is 0. The van der Waals surface area contributed by atoms with Gasteiger partial charge in [-0.3, -0.25) is 24.1 Å². The van der Waals surface area contributed by atoms with Gasteiger partial charge >= 0.3 is 0 Å². The standard InChI is InChI=1S/C36H44N4O8/c1-17(2)24(39(3)4)12-13-38-35(47)19-9-7-8-18(14-19)21-10-11-25(41)27-22(21)15-20-16-23-29(40(5)6)31(43)28(34(37)46)33(45)36(23,48)32(44)26(20)30(27)42/h7-11,14,17,20,23-24,29,41-42,45,48H,12-13,15-16H2,1-6H3,(H2,37,46)(H,38,47)/t20-,23-,24?,29-,36-/m0/s1. The van der Waals surface area contributed by atoms with Crippen molar-refractivity contribution < 1.29 is 39.6 Å². The monoisotopic (exact) mass is 660 g/mol. The number of aliphatic hydroxyl groups is 3. The zero-order valence-corrected chi connectivity index (χ0v) is 28.1. The van der Waals surface area contributed by atoms with E-state index < -0.39 is 58.0 Å². The van der Waals surface area contributed by atoms with Crippen molar-refractivity contribution in [3.63, 3.8) is 0 Å². The number of ketones is 2. The number of benzene rings is 2. The zero-order valence-electron chi connectivity index (χ0n) is 28.1. The number of nitrogens with zero attached hydrogens (tertiary/aromatic N) is 2. The van der Waals surface area contributed by atoms with Crippen LogP contribution in [-0.2, 0) is 20.8 Å². The van der Waals surface area contributed by atoms with Crippen LogP contribution in [-0.4, -0.2) is 106 Å². The van der Waals surface area contributed by atoms with Gasteiger partial charge in [0.05, 0.1) is 11.6 Å². The lowest BCUT2D eigenvalue weighted by Crippen LogP contribution is -2.65. The zero-order chi connectivity index (χ0) is 35.4. The van der Waals surface area contributed by atoms with Crippen LogP contribution in [0.25, 0.3) is 16.9 Å². The van der Waals surface area contributed by atoms with Crippen molar-refractivity contribution >= 4 is 29.1 Å². The third-order valence-electron chi connectivity index (χ3n) is 10.2. The number of carbonyl (C=O) groups excluding carboxylic acids is 4. The smallest absolute Gasteiger partial charge is 0.255 e. The van der Waals surface area contributed by atoms with Crippen molar-refractivity contribution in [2.75, 3.05) is 34.7 Å². The molecule has 1 saturated carbocycles. The Hall–Kier alpha value is -4.52. The number of nitrogens with two attached hydrogens (primary N) is 1. The molecule has 0 bridgehead atoms. The van der Waals surface area contributed by atoms with Gasteiger partial charge in [-0.05, 0) is 94.2 Å². The van der Waals surface area contributed by atoms with E-state index in [1.165, 1.54) is 11.0 Å². The van der Waals surface area contributed by atoms with Gasteiger partial charge in [0.25, 0.3) is 11.8 Å². The summed E-state index contributed by atoms with van der Waals surface area (Å²) >= 11 is 0. The molecule has 7 N–H and O–H groups in total. The first-order valence-electron chi connectivity index (χ1n) is 16.1. The average molecular weight is 661 g/mol. The molecule has 5 rings (SSSR count). The Morgan fingerprint density at radius 2 is 1.75 bits per heavy atom. The van der Waals surface area contributed by atoms with Crippen LogP contribution in [0.5, 0.6) is 5.75 Å². The average Bonchev–Trinajstić information content (AvgIpc) is 3.00. The highest BCUT2D eigenvalue weighted by Gasteiger charge is 2.64. The Labute approximate surface area is 279 Å². The Morgan fingerprint density at radius 3 is 2.35 bits per heavy atom. The Balaban J connectivity index is 1.54. The molecular weight excluding hydrogens is 616 g/mol. The van der Waals surface area contributed by atoms with Gasteiger partial charge in [0.1, 0.15) is 22.8 Å². The minimum atomic E-state index is -2.71. The largest absolute Gasteiger partial charge is 0.508 e. The predicted molar refractivity (Wildman–Crippen MR) is 179 cm³/mol. The summed E-state index contributed by atoms with van der Waals surface area (Å²) in [7, 11) is 7.14. The summed E-state index contributed by atoms with van der Waals surface area (Å²) in [5, 5.41) is 48.4. The molecule has 0 saturated heterocycles. The minimum Gasteiger partial charge on any atom is -0.508 e. The van der Waals surface area contributed by atoms with E-state index in [9.17, 15) is 39.6 Å². The third-order valence-corrected chi connectivity index (χ3v) is 10.2. The van der Waals surface area contributed by atoms with Gasteiger partial charge in [0, 0.05) is 29.6 Å². The summed E-state index contributed by atoms with van der Waals surface area (Å²) in [6.07, 6.45) is 0.896. The number of fused-ring (bicyclic) bond motifs is 3. The van der Waals surface area contributed by atoms with Crippen LogP contribution < -0.4 is 11.1 Å². The summed E-state index contributed by atoms with van der Waals surface area (Å²) in [4.78, 5) is 56.5. The van der Waals surface area contributed by atoms with Crippen LogP contribution in [0.1, 0.15) is 48.2 Å². The van der Waals surface area contributed by atoms with Gasteiger partial charge < -0.3 is 36.4 Å². The van der Waals surface area contributed by atoms with E-state index in [1.54, 1.807) is 44.4 Å². The van der Waals surface area contributed by atoms with E-state index in [-0.39, 0.29) is 35.6 Å². The molecule has 0 spiro atoms. The van der Waals surface area contributed by atoms with Crippen molar-refractivity contribution in [3.05, 3.63) is 70.0 Å². The van der Waals surface area contributed by atoms with Gasteiger partial charge in [0.2, 0.25) is 5.78 Å². The molecule has 3 aliphatic rings. The third kappa shape index (κ3) is 5.57. The number of likely N-dealkylation sites (N-methyl/N-ethyl adjacent to an activating group) is 1. The Kier molecular flexibility index (Phi) is 9.30. The number of phenols is 1. The lowest BCUT2D eigenvalue weighted by Gasteiger charge is -2.50. The van der Waals surface area contributed by atoms with Crippen molar-refractivity contribution in [3.8, 4) is 16.9 Å². The van der Waals surface area contributed by atoms with Crippen LogP contribution >= 0.6 is 0 Å². The second-order valence-electron chi connectivity index (χ2n) is 13.8. The SMILES string of the molecule is CC(C)C(CCNC(=O)c1cccc(-c2ccc(O)c3c2C[C@H]2C[C@H]4[C@H](N(C)C)C(=O)C(C(N)=O)=C(O)[C@@]4(O)C(=O)C2=C3O)c1)N(C)C. The number of aromatic hydroxyl groups is 1. The van der Waals surface area contributed by atoms with E-state index >= 15 is 0 Å². The molecule has 48 heavy (non-hydrogen) atoms. The molecule has 1 fully saturated rings. The van der Waals surface area contributed by atoms with Crippen molar-refractivity contribution in [1.82, 2.24) is 15.1 Å². The van der Waals surface area contributed by atoms with E-state index in [1.807, 2.05) is 14.1 Å². The molecule has 12 heteroatoms. The second kappa shape index (κ2) is 12.8. The maximum Gasteiger partial charge on any atom is 0.255 e. The Bertz CT molecular complexity index is 1750. The van der Waals surface area contributed by atoms with Crippen molar-refractivity contribution in [1.29, 1.82) is 0 Å². The first-order chi connectivity index (χ1) is 22.5. The molecule has 0 aromatic heterocycles. The highest BCUT2D eigenvalue weighted by Crippen LogP contribution is 2.53. The van der Waals surface area contributed by atoms with Crippen LogP contribution in [0.3, 0.4) is 0 Å². The van der Waals surface area contributed by atoms with Crippen molar-refractivity contribution in [2.45, 2.75) is 50.8 Å². The molecule has 3 aliphatic carbocycles. The van der Waals surface area contributed by atoms with E-state index in [0.717, 1.165) is 6.42 Å². The number of aliphatic hydroxyl groups excluding tert-OH is 2. The summed E-state index contributed by atoms with van der Waals surface area (Å²) in [5.41, 5.74) is 3.81. The Morgan fingerprint density at radius 1 is 1.06 bits per heavy atom. The fourth-order valence-electron chi connectivity index (χ4n) is 7.97. The fourth-order valence-corrected chi connectivity index (χ4v) is 7.97. The molecule has 5 atom stereocenters. The molecule has 2 aromatic rings. The van der Waals surface area contributed by atoms with E-state index in [0.29, 0.717) is 40.8 Å². The van der Waals surface area contributed by atoms with Gasteiger partial charge in [-0.15, -0.1) is 0 Å². The van der Waals surface area contributed by atoms with E-state index in [4.69, 9.17) is 5.73 Å². The van der Waals surface area contributed by atoms with Gasteiger partial charge in [-0.25, -0.2) is 0 Å². The first kappa shape index (κ1) is 34.8. The predicted octanol–water partition coefficient (Wildman–Crippen LogP) is 2.34. The van der Waals surface area contributed by atoms with Crippen LogP contribution in [0, 0.1) is 17.8 Å². The highest BCUT2D eigenvalue weighted by atomic mass is 16.3. The van der Waals surface area contributed by atoms with Crippen LogP contribution in [0.2, 0.25) is 0 Å². The molecular formula is C36H44N4O8. The number of hydrogen-bond donors (Lipinski definition) is 6. The number of phenolic OH excluding ortho intramolecular Hbond substituents is 1. The summed E-state index contributed by atoms with van der Waals surface area (Å²) in [6, 6.07) is 9.17. The molecule has 256 valence electrons. The molecule has 0 radical (unpaired) electrons. The summed E-state index contributed by atoms with van der Waals surface area (Å²) in [5.74, 6) is -6.89. The number of primary amides is 1. The molecule has 2 aromatic carbocycles. The maximum atomic E-state index is 14.1. The number of carbonyl (C=O) groups is 4. The lowest BCUT2D eigenvalue weighted by molar-refractivity contribution is -0.153. The first-order valence-corrected chi connectivity index (χ1v) is 16.1. The fraction of sp³-hybridized carbons (Fsp3) is 0.444. The number of Topliss-reactive ketones (excluding diaryl/α,β-unsaturated/α-hetero) is 2. The van der Waals surface area contributed by atoms with Crippen molar-refractivity contribution in [2.24, 2.45) is 23.5 Å². The van der Waals surface area contributed by atoms with Crippen LogP contribution in [0.15, 0.2) is 53.3 Å². The van der Waals surface area contributed by atoms with Gasteiger partial charge in [-0.1, -0.05) is 32.0 Å². The number of amides is 2. The van der Waals surface area contributed by atoms with Gasteiger partial charge in [0.15, 0.2) is 11.4 Å². The van der Waals surface area contributed by atoms with E-state index in [2.05, 4.69) is 24.1 Å². The highest BCUT2D eigenvalue weighted by molar-refractivity contribution is 6.24. The minimum absolute atomic E-state index is 0.0120. The van der Waals surface area contributed by atoms with Gasteiger partial charge in [-0.2, -0.15) is 0 Å². The normalized spacial score (nSPS) is 24.5. The molecule has 1 unspecified atom stereocenters. The number of rotatable bonds is 9. The summed E-state index contributed by atoms with van der Waals surface area (Å²) in [6.45, 7) is 4.78.